The third kappa shape index (κ3) is 2.76. The van der Waals surface area contributed by atoms with E-state index in [1.54, 1.807) is 0 Å². The molecule has 0 saturated carbocycles. The highest BCUT2D eigenvalue weighted by molar-refractivity contribution is 5.40. The minimum atomic E-state index is 0.131. The summed E-state index contributed by atoms with van der Waals surface area (Å²) in [5.41, 5.74) is 4.93. The molecule has 1 atom stereocenters. The average Bonchev–Trinajstić information content (AvgIpc) is 3.31. The molecular weight excluding hydrogens is 294 g/mol. The van der Waals surface area contributed by atoms with Gasteiger partial charge in [0.25, 0.3) is 0 Å². The second kappa shape index (κ2) is 6.20. The molecule has 2 aromatic carbocycles. The summed E-state index contributed by atoms with van der Waals surface area (Å²) in [6.07, 6.45) is 9.84. The summed E-state index contributed by atoms with van der Waals surface area (Å²) in [6, 6.07) is 21.6. The average molecular weight is 313 g/mol. The van der Waals surface area contributed by atoms with Crippen molar-refractivity contribution in [2.75, 3.05) is 0 Å². The molecule has 0 aliphatic carbocycles. The van der Waals surface area contributed by atoms with Crippen LogP contribution < -0.4 is 0 Å². The highest BCUT2D eigenvalue weighted by Gasteiger charge is 2.15. The monoisotopic (exact) mass is 313 g/mol. The minimum absolute atomic E-state index is 0.131. The highest BCUT2D eigenvalue weighted by Crippen LogP contribution is 2.27. The Morgan fingerprint density at radius 1 is 0.792 bits per heavy atom. The summed E-state index contributed by atoms with van der Waals surface area (Å²) < 4.78 is 4.26. The maximum absolute atomic E-state index is 4.23. The molecule has 4 aromatic rings. The summed E-state index contributed by atoms with van der Waals surface area (Å²) in [5.74, 6) is 0. The molecule has 0 N–H and O–H groups in total. The number of rotatable bonds is 4. The molecule has 0 unspecified atom stereocenters. The van der Waals surface area contributed by atoms with Crippen molar-refractivity contribution in [2.24, 2.45) is 0 Å². The number of nitrogens with zero attached hydrogens (tertiary/aromatic N) is 3. The Bertz CT molecular complexity index is 887. The largest absolute Gasteiger partial charge is 0.326 e. The molecule has 0 saturated heterocycles. The van der Waals surface area contributed by atoms with Crippen molar-refractivity contribution in [3.8, 4) is 5.69 Å². The van der Waals surface area contributed by atoms with Gasteiger partial charge in [0.15, 0.2) is 0 Å². The summed E-state index contributed by atoms with van der Waals surface area (Å²) in [5, 5.41) is 0. The van der Waals surface area contributed by atoms with Gasteiger partial charge >= 0.3 is 0 Å². The fourth-order valence-corrected chi connectivity index (χ4v) is 3.04. The molecule has 0 bridgehead atoms. The van der Waals surface area contributed by atoms with E-state index < -0.39 is 0 Å². The number of aromatic nitrogens is 3. The topological polar surface area (TPSA) is 22.8 Å². The van der Waals surface area contributed by atoms with Gasteiger partial charge in [-0.15, -0.1) is 0 Å². The fraction of sp³-hybridized carbons (Fsp3) is 0.0952. The van der Waals surface area contributed by atoms with Gasteiger partial charge in [0.1, 0.15) is 0 Å². The van der Waals surface area contributed by atoms with E-state index in [0.29, 0.717) is 0 Å². The fourth-order valence-electron chi connectivity index (χ4n) is 3.04. The van der Waals surface area contributed by atoms with Crippen LogP contribution in [0.4, 0.5) is 0 Å². The molecule has 3 nitrogen and oxygen atoms in total. The second-order valence-electron chi connectivity index (χ2n) is 6.00. The SMILES string of the molecule is Cc1ccc([C@@H](c2ccc(-n3cccc3)cc2)n2ccnc2)cc1. The summed E-state index contributed by atoms with van der Waals surface area (Å²) in [6.45, 7) is 2.11. The molecule has 3 heteroatoms. The number of hydrogen-bond donors (Lipinski definition) is 0. The molecule has 0 aliphatic rings. The smallest absolute Gasteiger partial charge is 0.0954 e. The molecule has 24 heavy (non-hydrogen) atoms. The van der Waals surface area contributed by atoms with E-state index in [-0.39, 0.29) is 6.04 Å². The van der Waals surface area contributed by atoms with Crippen LogP contribution in [-0.4, -0.2) is 14.1 Å². The van der Waals surface area contributed by atoms with Crippen LogP contribution in [-0.2, 0) is 0 Å². The van der Waals surface area contributed by atoms with Gasteiger partial charge in [-0.05, 0) is 42.3 Å². The second-order valence-corrected chi connectivity index (χ2v) is 6.00. The van der Waals surface area contributed by atoms with E-state index in [4.69, 9.17) is 0 Å². The highest BCUT2D eigenvalue weighted by atomic mass is 15.1. The van der Waals surface area contributed by atoms with Crippen molar-refractivity contribution >= 4 is 0 Å². The van der Waals surface area contributed by atoms with Gasteiger partial charge in [0, 0.05) is 30.5 Å². The van der Waals surface area contributed by atoms with Crippen molar-refractivity contribution in [1.29, 1.82) is 0 Å². The Morgan fingerprint density at radius 3 is 2.00 bits per heavy atom. The summed E-state index contributed by atoms with van der Waals surface area (Å²) in [4.78, 5) is 4.23. The first-order chi connectivity index (χ1) is 11.8. The van der Waals surface area contributed by atoms with Crippen LogP contribution >= 0.6 is 0 Å². The van der Waals surface area contributed by atoms with Gasteiger partial charge in [0.2, 0.25) is 0 Å². The zero-order valence-corrected chi connectivity index (χ0v) is 13.6. The van der Waals surface area contributed by atoms with Crippen molar-refractivity contribution in [3.63, 3.8) is 0 Å². The maximum atomic E-state index is 4.23. The first kappa shape index (κ1) is 14.5. The third-order valence-corrected chi connectivity index (χ3v) is 4.33. The Hall–Kier alpha value is -3.07. The van der Waals surface area contributed by atoms with Crippen LogP contribution in [0.1, 0.15) is 22.7 Å². The third-order valence-electron chi connectivity index (χ3n) is 4.33. The van der Waals surface area contributed by atoms with E-state index in [1.807, 2.05) is 30.9 Å². The molecule has 0 fully saturated rings. The molecule has 0 spiro atoms. The summed E-state index contributed by atoms with van der Waals surface area (Å²) in [7, 11) is 0. The van der Waals surface area contributed by atoms with E-state index >= 15 is 0 Å². The normalized spacial score (nSPS) is 12.2. The van der Waals surface area contributed by atoms with Crippen molar-refractivity contribution in [3.05, 3.63) is 108 Å². The van der Waals surface area contributed by atoms with E-state index in [1.165, 1.54) is 16.7 Å². The number of imidazole rings is 1. The molecular formula is C21H19N3. The lowest BCUT2D eigenvalue weighted by atomic mass is 9.97. The number of hydrogen-bond acceptors (Lipinski definition) is 1. The molecule has 0 amide bonds. The Labute approximate surface area is 141 Å². The standard InChI is InChI=1S/C21H19N3/c1-17-4-6-18(7-5-17)21(24-15-12-22-16-24)19-8-10-20(11-9-19)23-13-2-3-14-23/h2-16,21H,1H3/t21-/m0/s1. The van der Waals surface area contributed by atoms with Crippen LogP contribution in [0.25, 0.3) is 5.69 Å². The lowest BCUT2D eigenvalue weighted by molar-refractivity contribution is 0.676. The Balaban J connectivity index is 1.75. The van der Waals surface area contributed by atoms with E-state index in [9.17, 15) is 0 Å². The summed E-state index contributed by atoms with van der Waals surface area (Å²) >= 11 is 0. The Kier molecular flexibility index (Phi) is 3.75. The van der Waals surface area contributed by atoms with Crippen LogP contribution in [0.15, 0.2) is 91.8 Å². The van der Waals surface area contributed by atoms with Crippen LogP contribution in [0.2, 0.25) is 0 Å². The van der Waals surface area contributed by atoms with Gasteiger partial charge in [-0.3, -0.25) is 0 Å². The first-order valence-electron chi connectivity index (χ1n) is 8.08. The van der Waals surface area contributed by atoms with Gasteiger partial charge in [0.05, 0.1) is 12.4 Å². The number of benzene rings is 2. The molecule has 2 aromatic heterocycles. The molecule has 118 valence electrons. The van der Waals surface area contributed by atoms with E-state index in [2.05, 4.69) is 82.0 Å². The van der Waals surface area contributed by atoms with Crippen LogP contribution in [0.3, 0.4) is 0 Å². The predicted molar refractivity (Wildman–Crippen MR) is 96.4 cm³/mol. The molecule has 0 radical (unpaired) electrons. The lowest BCUT2D eigenvalue weighted by Crippen LogP contribution is -2.10. The van der Waals surface area contributed by atoms with Gasteiger partial charge in [-0.25, -0.2) is 4.98 Å². The molecule has 0 aliphatic heterocycles. The lowest BCUT2D eigenvalue weighted by Gasteiger charge is -2.20. The van der Waals surface area contributed by atoms with Gasteiger partial charge in [-0.1, -0.05) is 42.0 Å². The maximum Gasteiger partial charge on any atom is 0.0954 e. The minimum Gasteiger partial charge on any atom is -0.326 e. The zero-order valence-electron chi connectivity index (χ0n) is 13.6. The first-order valence-corrected chi connectivity index (χ1v) is 8.08. The molecule has 4 rings (SSSR count). The van der Waals surface area contributed by atoms with Crippen molar-refractivity contribution in [1.82, 2.24) is 14.1 Å². The zero-order chi connectivity index (χ0) is 16.4. The van der Waals surface area contributed by atoms with Crippen LogP contribution in [0, 0.1) is 6.92 Å². The Morgan fingerprint density at radius 2 is 1.42 bits per heavy atom. The van der Waals surface area contributed by atoms with Gasteiger partial charge < -0.3 is 9.13 Å². The quantitative estimate of drug-likeness (QED) is 0.539. The predicted octanol–water partition coefficient (Wildman–Crippen LogP) is 4.62. The molecule has 2 heterocycles. The van der Waals surface area contributed by atoms with E-state index in [0.717, 1.165) is 5.69 Å². The van der Waals surface area contributed by atoms with Crippen molar-refractivity contribution < 1.29 is 0 Å². The number of aryl methyl sites for hydroxylation is 1. The van der Waals surface area contributed by atoms with Crippen molar-refractivity contribution in [2.45, 2.75) is 13.0 Å². The van der Waals surface area contributed by atoms with Gasteiger partial charge in [-0.2, -0.15) is 0 Å². The van der Waals surface area contributed by atoms with Crippen LogP contribution in [0.5, 0.6) is 0 Å².